The molecule has 0 radical (unpaired) electrons. The molecule has 0 bridgehead atoms. The van der Waals surface area contributed by atoms with Gasteiger partial charge in [0.05, 0.1) is 4.92 Å². The number of nitrogens with zero attached hydrogens (tertiary/aromatic N) is 2. The average molecular weight is 296 g/mol. The highest BCUT2D eigenvalue weighted by atomic mass is 19.1. The maximum absolute atomic E-state index is 13.0. The minimum absolute atomic E-state index is 0.259. The van der Waals surface area contributed by atoms with Gasteiger partial charge < -0.3 is 9.84 Å². The molecule has 0 atom stereocenters. The van der Waals surface area contributed by atoms with Crippen LogP contribution in [0.3, 0.4) is 0 Å². The van der Waals surface area contributed by atoms with Crippen LogP contribution in [-0.2, 0) is 0 Å². The van der Waals surface area contributed by atoms with Crippen LogP contribution in [0.2, 0.25) is 0 Å². The Bertz CT molecular complexity index is 715. The van der Waals surface area contributed by atoms with Gasteiger partial charge in [0.25, 0.3) is 0 Å². The second-order valence-electron chi connectivity index (χ2n) is 3.81. The highest BCUT2D eigenvalue weighted by Gasteiger charge is 2.21. The van der Waals surface area contributed by atoms with E-state index in [-0.39, 0.29) is 11.6 Å². The fourth-order valence-electron chi connectivity index (χ4n) is 1.51. The second-order valence-corrected chi connectivity index (χ2v) is 3.81. The van der Waals surface area contributed by atoms with Crippen molar-refractivity contribution in [2.45, 2.75) is 0 Å². The number of carboxylic acids is 1. The Morgan fingerprint density at radius 2 is 1.86 bits per heavy atom. The molecule has 0 aliphatic carbocycles. The van der Waals surface area contributed by atoms with Crippen LogP contribution in [0.1, 0.15) is 10.4 Å². The highest BCUT2D eigenvalue weighted by molar-refractivity contribution is 5.92. The minimum atomic E-state index is -1.56. The number of halogens is 2. The number of carbonyl (C=O) groups is 1. The fraction of sp³-hybridized carbons (Fsp3) is 0. The zero-order valence-electron chi connectivity index (χ0n) is 10.1. The van der Waals surface area contributed by atoms with Crippen molar-refractivity contribution >= 4 is 11.7 Å². The molecule has 2 aromatic rings. The van der Waals surface area contributed by atoms with Crippen LogP contribution in [0.25, 0.3) is 0 Å². The summed E-state index contributed by atoms with van der Waals surface area (Å²) in [5.41, 5.74) is -1.37. The molecule has 1 aromatic heterocycles. The van der Waals surface area contributed by atoms with Gasteiger partial charge in [0.1, 0.15) is 29.1 Å². The first-order valence-electron chi connectivity index (χ1n) is 5.38. The lowest BCUT2D eigenvalue weighted by molar-refractivity contribution is -0.385. The van der Waals surface area contributed by atoms with Crippen LogP contribution < -0.4 is 4.74 Å². The largest absolute Gasteiger partial charge is 0.477 e. The summed E-state index contributed by atoms with van der Waals surface area (Å²) in [6.07, 6.45) is 0.689. The molecule has 2 rings (SSSR count). The summed E-state index contributed by atoms with van der Waals surface area (Å²) in [7, 11) is 0. The van der Waals surface area contributed by atoms with E-state index in [9.17, 15) is 23.7 Å². The van der Waals surface area contributed by atoms with Gasteiger partial charge in [0, 0.05) is 24.3 Å². The first-order valence-corrected chi connectivity index (χ1v) is 5.38. The summed E-state index contributed by atoms with van der Waals surface area (Å²) in [6.45, 7) is 0. The smallest absolute Gasteiger partial charge is 0.342 e. The van der Waals surface area contributed by atoms with Gasteiger partial charge in [-0.1, -0.05) is 0 Å². The lowest BCUT2D eigenvalue weighted by Crippen LogP contribution is -2.04. The van der Waals surface area contributed by atoms with Crippen molar-refractivity contribution in [1.29, 1.82) is 0 Å². The number of hydrogen-bond donors (Lipinski definition) is 1. The summed E-state index contributed by atoms with van der Waals surface area (Å²) < 4.78 is 31.0. The van der Waals surface area contributed by atoms with E-state index in [0.717, 1.165) is 18.2 Å². The average Bonchev–Trinajstić information content (AvgIpc) is 2.36. The SMILES string of the molecule is O=C(O)c1cc(Oc2cc(F)cc(F)c2)ncc1[N+](=O)[O-]. The first-order chi connectivity index (χ1) is 9.86. The molecule has 1 aromatic carbocycles. The molecule has 1 heterocycles. The zero-order valence-corrected chi connectivity index (χ0v) is 10.1. The number of ether oxygens (including phenoxy) is 1. The fourth-order valence-corrected chi connectivity index (χ4v) is 1.51. The summed E-state index contributed by atoms with van der Waals surface area (Å²) in [4.78, 5) is 24.2. The van der Waals surface area contributed by atoms with Gasteiger partial charge >= 0.3 is 11.7 Å². The van der Waals surface area contributed by atoms with Crippen molar-refractivity contribution in [3.63, 3.8) is 0 Å². The predicted molar refractivity (Wildman–Crippen MR) is 64.3 cm³/mol. The van der Waals surface area contributed by atoms with Crippen LogP contribution in [-0.4, -0.2) is 21.0 Å². The number of nitro groups is 1. The highest BCUT2D eigenvalue weighted by Crippen LogP contribution is 2.26. The van der Waals surface area contributed by atoms with E-state index in [1.54, 1.807) is 0 Å². The maximum Gasteiger partial charge on any atom is 0.342 e. The third-order valence-corrected chi connectivity index (χ3v) is 2.34. The lowest BCUT2D eigenvalue weighted by Gasteiger charge is -2.06. The van der Waals surface area contributed by atoms with Crippen molar-refractivity contribution in [2.24, 2.45) is 0 Å². The topological polar surface area (TPSA) is 103 Å². The Morgan fingerprint density at radius 3 is 2.38 bits per heavy atom. The molecule has 21 heavy (non-hydrogen) atoms. The quantitative estimate of drug-likeness (QED) is 0.687. The van der Waals surface area contributed by atoms with Crippen LogP contribution in [0.15, 0.2) is 30.5 Å². The Morgan fingerprint density at radius 1 is 1.24 bits per heavy atom. The normalized spacial score (nSPS) is 10.2. The molecule has 0 saturated heterocycles. The van der Waals surface area contributed by atoms with Crippen molar-refractivity contribution in [3.8, 4) is 11.6 Å². The van der Waals surface area contributed by atoms with E-state index >= 15 is 0 Å². The molecule has 0 aliphatic heterocycles. The van der Waals surface area contributed by atoms with E-state index in [1.807, 2.05) is 0 Å². The number of aromatic carboxylic acids is 1. The number of aromatic nitrogens is 1. The van der Waals surface area contributed by atoms with Crippen molar-refractivity contribution < 1.29 is 28.3 Å². The van der Waals surface area contributed by atoms with Crippen molar-refractivity contribution in [2.75, 3.05) is 0 Å². The summed E-state index contributed by atoms with van der Waals surface area (Å²) in [5.74, 6) is -3.96. The first kappa shape index (κ1) is 14.3. The monoisotopic (exact) mass is 296 g/mol. The zero-order chi connectivity index (χ0) is 15.6. The Labute approximate surface area is 115 Å². The third kappa shape index (κ3) is 3.26. The molecule has 9 heteroatoms. The van der Waals surface area contributed by atoms with E-state index in [4.69, 9.17) is 9.84 Å². The molecule has 0 amide bonds. The number of rotatable bonds is 4. The molecule has 108 valence electrons. The van der Waals surface area contributed by atoms with Gasteiger partial charge in [-0.15, -0.1) is 0 Å². The predicted octanol–water partition coefficient (Wildman–Crippen LogP) is 2.76. The van der Waals surface area contributed by atoms with Gasteiger partial charge in [-0.2, -0.15) is 0 Å². The molecular formula is C12H6F2N2O5. The molecule has 0 saturated carbocycles. The van der Waals surface area contributed by atoms with Crippen molar-refractivity contribution in [3.05, 3.63) is 57.8 Å². The summed E-state index contributed by atoms with van der Waals surface area (Å²) in [6, 6.07) is 3.13. The molecule has 0 spiro atoms. The van der Waals surface area contributed by atoms with Crippen LogP contribution in [0, 0.1) is 21.7 Å². The van der Waals surface area contributed by atoms with Gasteiger partial charge in [0.15, 0.2) is 0 Å². The molecular weight excluding hydrogens is 290 g/mol. The summed E-state index contributed by atoms with van der Waals surface area (Å²) >= 11 is 0. The van der Waals surface area contributed by atoms with Gasteiger partial charge in [0.2, 0.25) is 5.88 Å². The number of benzene rings is 1. The molecule has 1 N–H and O–H groups in total. The van der Waals surface area contributed by atoms with Gasteiger partial charge in [-0.25, -0.2) is 18.6 Å². The summed E-state index contributed by atoms with van der Waals surface area (Å²) in [5, 5.41) is 19.5. The third-order valence-electron chi connectivity index (χ3n) is 2.34. The molecule has 7 nitrogen and oxygen atoms in total. The number of carboxylic acid groups (broad SMARTS) is 1. The number of hydrogen-bond acceptors (Lipinski definition) is 5. The Hall–Kier alpha value is -3.10. The maximum atomic E-state index is 13.0. The second kappa shape index (κ2) is 5.49. The van der Waals surface area contributed by atoms with Crippen LogP contribution in [0.5, 0.6) is 11.6 Å². The standard InChI is InChI=1S/C12H6F2N2O5/c13-6-1-7(14)3-8(2-6)21-11-4-9(12(17)18)10(5-15-11)16(19)20/h1-5H,(H,17,18). The molecule has 0 aliphatic rings. The molecule has 0 fully saturated rings. The van der Waals surface area contributed by atoms with Crippen molar-refractivity contribution in [1.82, 2.24) is 4.98 Å². The number of pyridine rings is 1. The van der Waals surface area contributed by atoms with E-state index in [0.29, 0.717) is 12.3 Å². The molecule has 0 unspecified atom stereocenters. The minimum Gasteiger partial charge on any atom is -0.477 e. The van der Waals surface area contributed by atoms with E-state index in [2.05, 4.69) is 4.98 Å². The van der Waals surface area contributed by atoms with Crippen LogP contribution in [0.4, 0.5) is 14.5 Å². The van der Waals surface area contributed by atoms with Crippen LogP contribution >= 0.6 is 0 Å². The lowest BCUT2D eigenvalue weighted by atomic mass is 10.2. The van der Waals surface area contributed by atoms with Gasteiger partial charge in [-0.05, 0) is 0 Å². The Kier molecular flexibility index (Phi) is 3.74. The Balaban J connectivity index is 2.39. The van der Waals surface area contributed by atoms with Gasteiger partial charge in [-0.3, -0.25) is 10.1 Å². The van der Waals surface area contributed by atoms with E-state index < -0.39 is 33.8 Å². The van der Waals surface area contributed by atoms with E-state index in [1.165, 1.54) is 0 Å².